The molecule has 8 heteroatoms. The lowest BCUT2D eigenvalue weighted by molar-refractivity contribution is -0.147. The van der Waals surface area contributed by atoms with Gasteiger partial charge in [0.05, 0.1) is 22.9 Å². The molecule has 1 fully saturated rings. The highest BCUT2D eigenvalue weighted by molar-refractivity contribution is 6.34. The number of nitrogens with zero attached hydrogens (tertiary/aromatic N) is 2. The molecular weight excluding hydrogens is 622 g/mol. The maximum absolute atomic E-state index is 12.4. The molecular formula is C40H50ClN3O4. The SMILES string of the molecule is CC(C)=C[C@@H]1[C@@H](C(=O)OCc2coc(Cc3ccccc3)c2)C1(C)C.CCc1nn(C)c(C(=O)NCc2ccc(C(C)(C)C)cc2)c1Cl. The van der Waals surface area contributed by atoms with Crippen LogP contribution in [0.15, 0.2) is 83.0 Å². The molecule has 256 valence electrons. The molecule has 1 aliphatic rings. The highest BCUT2D eigenvalue weighted by atomic mass is 35.5. The predicted molar refractivity (Wildman–Crippen MR) is 192 cm³/mol. The van der Waals surface area contributed by atoms with Gasteiger partial charge in [-0.1, -0.05) is 119 Å². The number of rotatable bonds is 10. The van der Waals surface area contributed by atoms with Crippen molar-refractivity contribution < 1.29 is 18.7 Å². The van der Waals surface area contributed by atoms with E-state index in [0.29, 0.717) is 23.7 Å². The van der Waals surface area contributed by atoms with E-state index in [1.165, 1.54) is 16.7 Å². The number of benzene rings is 2. The van der Waals surface area contributed by atoms with Crippen LogP contribution < -0.4 is 5.32 Å². The van der Waals surface area contributed by atoms with Gasteiger partial charge < -0.3 is 14.5 Å². The molecule has 2 heterocycles. The Hall–Kier alpha value is -4.10. The molecule has 2 atom stereocenters. The molecule has 1 saturated carbocycles. The van der Waals surface area contributed by atoms with E-state index in [4.69, 9.17) is 20.8 Å². The molecule has 1 N–H and O–H groups in total. The quantitative estimate of drug-likeness (QED) is 0.134. The zero-order valence-corrected chi connectivity index (χ0v) is 30.6. The van der Waals surface area contributed by atoms with Crippen LogP contribution in [0.3, 0.4) is 0 Å². The van der Waals surface area contributed by atoms with E-state index in [9.17, 15) is 9.59 Å². The zero-order chi connectivity index (χ0) is 35.2. The van der Waals surface area contributed by atoms with Gasteiger partial charge >= 0.3 is 5.97 Å². The molecule has 0 bridgehead atoms. The largest absolute Gasteiger partial charge is 0.469 e. The molecule has 2 aromatic heterocycles. The summed E-state index contributed by atoms with van der Waals surface area (Å²) in [6.07, 6.45) is 5.31. The molecule has 1 aliphatic carbocycles. The summed E-state index contributed by atoms with van der Waals surface area (Å²) in [5.41, 5.74) is 6.94. The first-order valence-electron chi connectivity index (χ1n) is 16.6. The highest BCUT2D eigenvalue weighted by Crippen LogP contribution is 2.59. The minimum Gasteiger partial charge on any atom is -0.469 e. The van der Waals surface area contributed by atoms with Gasteiger partial charge in [0.1, 0.15) is 18.1 Å². The summed E-state index contributed by atoms with van der Waals surface area (Å²) >= 11 is 6.23. The topological polar surface area (TPSA) is 86.4 Å². The Bertz CT molecular complexity index is 1720. The summed E-state index contributed by atoms with van der Waals surface area (Å²) in [5.74, 6) is 0.801. The van der Waals surface area contributed by atoms with Crippen molar-refractivity contribution in [3.63, 3.8) is 0 Å². The van der Waals surface area contributed by atoms with Gasteiger partial charge in [-0.2, -0.15) is 5.10 Å². The minimum absolute atomic E-state index is 0.0107. The lowest BCUT2D eigenvalue weighted by atomic mass is 9.87. The Morgan fingerprint density at radius 2 is 1.71 bits per heavy atom. The molecule has 1 amide bonds. The van der Waals surface area contributed by atoms with Gasteiger partial charge in [0.25, 0.3) is 5.91 Å². The van der Waals surface area contributed by atoms with E-state index in [1.54, 1.807) is 18.0 Å². The Morgan fingerprint density at radius 1 is 1.04 bits per heavy atom. The lowest BCUT2D eigenvalue weighted by Crippen LogP contribution is -2.25. The van der Waals surface area contributed by atoms with Crippen molar-refractivity contribution in [2.24, 2.45) is 24.3 Å². The number of hydrogen-bond donors (Lipinski definition) is 1. The Labute approximate surface area is 290 Å². The fourth-order valence-corrected chi connectivity index (χ4v) is 6.23. The third kappa shape index (κ3) is 9.28. The maximum atomic E-state index is 12.4. The monoisotopic (exact) mass is 671 g/mol. The fraction of sp³-hybridized carbons (Fsp3) is 0.425. The third-order valence-electron chi connectivity index (χ3n) is 8.87. The summed E-state index contributed by atoms with van der Waals surface area (Å²) in [6.45, 7) is 17.6. The van der Waals surface area contributed by atoms with Gasteiger partial charge in [0.2, 0.25) is 0 Å². The van der Waals surface area contributed by atoms with E-state index < -0.39 is 0 Å². The normalized spacial score (nSPS) is 16.4. The number of ether oxygens (including phenoxy) is 1. The van der Waals surface area contributed by atoms with Crippen LogP contribution in [-0.4, -0.2) is 21.7 Å². The molecule has 7 nitrogen and oxygen atoms in total. The number of furan rings is 1. The first-order valence-corrected chi connectivity index (χ1v) is 17.0. The van der Waals surface area contributed by atoms with Crippen LogP contribution in [0.5, 0.6) is 0 Å². The number of esters is 1. The lowest BCUT2D eigenvalue weighted by Gasteiger charge is -2.19. The predicted octanol–water partition coefficient (Wildman–Crippen LogP) is 9.02. The summed E-state index contributed by atoms with van der Waals surface area (Å²) in [7, 11) is 1.73. The second kappa shape index (κ2) is 15.4. The van der Waals surface area contributed by atoms with Crippen LogP contribution in [-0.2, 0) is 48.0 Å². The molecule has 0 saturated heterocycles. The first-order chi connectivity index (χ1) is 22.6. The molecule has 0 aliphatic heterocycles. The van der Waals surface area contributed by atoms with Crippen molar-refractivity contribution in [1.29, 1.82) is 0 Å². The van der Waals surface area contributed by atoms with Crippen molar-refractivity contribution in [2.45, 2.75) is 86.8 Å². The van der Waals surface area contributed by atoms with E-state index in [0.717, 1.165) is 29.0 Å². The second-order valence-corrected chi connectivity index (χ2v) is 14.9. The van der Waals surface area contributed by atoms with Crippen molar-refractivity contribution >= 4 is 23.5 Å². The number of amides is 1. The number of carbonyl (C=O) groups is 2. The van der Waals surface area contributed by atoms with E-state index in [-0.39, 0.29) is 41.1 Å². The van der Waals surface area contributed by atoms with E-state index >= 15 is 0 Å². The molecule has 5 rings (SSSR count). The zero-order valence-electron chi connectivity index (χ0n) is 29.8. The number of hydrogen-bond acceptors (Lipinski definition) is 5. The Balaban J connectivity index is 0.000000218. The maximum Gasteiger partial charge on any atom is 0.310 e. The van der Waals surface area contributed by atoms with Gasteiger partial charge in [0, 0.05) is 25.6 Å². The van der Waals surface area contributed by atoms with Gasteiger partial charge in [-0.15, -0.1) is 0 Å². The van der Waals surface area contributed by atoms with Crippen LogP contribution in [0.25, 0.3) is 0 Å². The van der Waals surface area contributed by atoms with Crippen molar-refractivity contribution in [2.75, 3.05) is 0 Å². The average molecular weight is 672 g/mol. The van der Waals surface area contributed by atoms with Crippen LogP contribution in [0.2, 0.25) is 5.02 Å². The molecule has 0 radical (unpaired) electrons. The standard InChI is InChI=1S/C22H26O3.C18H24ClN3O/c1-15(2)10-19-20(22(19,3)4)21(23)25-14-17-12-18(24-13-17)11-16-8-6-5-7-9-16;1-6-14-15(19)16(22(5)21-14)17(23)20-11-12-7-9-13(10-8-12)18(2,3)4/h5-10,12-13,19-20H,11,14H2,1-4H3;7-10H,6,11H2,1-5H3,(H,20,23)/t19-,20+;/m1./s1. The molecule has 0 unspecified atom stereocenters. The van der Waals surface area contributed by atoms with Gasteiger partial charge in [0.15, 0.2) is 0 Å². The smallest absolute Gasteiger partial charge is 0.310 e. The van der Waals surface area contributed by atoms with Gasteiger partial charge in [-0.3, -0.25) is 14.3 Å². The number of allylic oxidation sites excluding steroid dienone is 2. The third-order valence-corrected chi connectivity index (χ3v) is 9.26. The number of carbonyl (C=O) groups excluding carboxylic acids is 2. The second-order valence-electron chi connectivity index (χ2n) is 14.5. The summed E-state index contributed by atoms with van der Waals surface area (Å²) in [5, 5.41) is 7.62. The number of aromatic nitrogens is 2. The number of aryl methyl sites for hydroxylation is 2. The van der Waals surface area contributed by atoms with Crippen LogP contribution in [0.1, 0.15) is 99.6 Å². The minimum atomic E-state index is -0.204. The van der Waals surface area contributed by atoms with E-state index in [1.807, 2.05) is 43.3 Å². The number of halogens is 1. The summed E-state index contributed by atoms with van der Waals surface area (Å²) in [6, 6.07) is 20.4. The Morgan fingerprint density at radius 3 is 2.29 bits per heavy atom. The van der Waals surface area contributed by atoms with Gasteiger partial charge in [-0.25, -0.2) is 0 Å². The van der Waals surface area contributed by atoms with Crippen molar-refractivity contribution in [3.8, 4) is 0 Å². The summed E-state index contributed by atoms with van der Waals surface area (Å²) < 4.78 is 12.7. The van der Waals surface area contributed by atoms with Crippen LogP contribution in [0.4, 0.5) is 0 Å². The molecule has 4 aromatic rings. The fourth-order valence-electron chi connectivity index (χ4n) is 5.85. The summed E-state index contributed by atoms with van der Waals surface area (Å²) in [4.78, 5) is 24.8. The molecule has 2 aromatic carbocycles. The number of nitrogens with one attached hydrogen (secondary N) is 1. The van der Waals surface area contributed by atoms with Gasteiger partial charge in [-0.05, 0) is 59.8 Å². The first kappa shape index (κ1) is 36.7. The molecule has 48 heavy (non-hydrogen) atoms. The van der Waals surface area contributed by atoms with Crippen molar-refractivity contribution in [1.82, 2.24) is 15.1 Å². The Kier molecular flexibility index (Phi) is 11.8. The average Bonchev–Trinajstić information content (AvgIpc) is 3.29. The molecule has 0 spiro atoms. The van der Waals surface area contributed by atoms with E-state index in [2.05, 4.69) is 89.2 Å². The van der Waals surface area contributed by atoms with Crippen molar-refractivity contribution in [3.05, 3.63) is 123 Å². The highest BCUT2D eigenvalue weighted by Gasteiger charge is 2.61. The van der Waals surface area contributed by atoms with Crippen LogP contribution >= 0.6 is 11.6 Å². The van der Waals surface area contributed by atoms with Crippen LogP contribution in [0, 0.1) is 17.3 Å².